The van der Waals surface area contributed by atoms with E-state index in [0.717, 1.165) is 6.16 Å². The second kappa shape index (κ2) is 25.0. The second-order valence-corrected chi connectivity index (χ2v) is 17.6. The van der Waals surface area contributed by atoms with Gasteiger partial charge in [-0.05, 0) is 26.7 Å². The van der Waals surface area contributed by atoms with Crippen molar-refractivity contribution in [3.63, 3.8) is 0 Å². The van der Waals surface area contributed by atoms with E-state index in [9.17, 15) is 9.13 Å². The maximum Gasteiger partial charge on any atom is 0.0947 e. The summed E-state index contributed by atoms with van der Waals surface area (Å²) in [5, 5.41) is 26.2. The van der Waals surface area contributed by atoms with Crippen molar-refractivity contribution in [2.45, 2.75) is 123 Å². The molecule has 0 aromatic carbocycles. The summed E-state index contributed by atoms with van der Waals surface area (Å²) in [7, 11) is -4.28. The predicted octanol–water partition coefficient (Wildman–Crippen LogP) is 7.59. The summed E-state index contributed by atoms with van der Waals surface area (Å²) in [5.41, 5.74) is 0. The van der Waals surface area contributed by atoms with E-state index in [1.165, 1.54) is 103 Å². The average molecular weight is 527 g/mol. The first-order valence-electron chi connectivity index (χ1n) is 14.1. The monoisotopic (exact) mass is 526 g/mol. The van der Waals surface area contributed by atoms with Crippen LogP contribution in [0.1, 0.15) is 117 Å². The maximum atomic E-state index is 11.7. The molecule has 0 fully saturated rings. The normalized spacial score (nSPS) is 12.9. The molecule has 0 saturated heterocycles. The third-order valence-electron chi connectivity index (χ3n) is 6.16. The molecule has 3 N–H and O–H groups in total. The Bertz CT molecular complexity index is 495. The van der Waals surface area contributed by atoms with Crippen LogP contribution < -0.4 is 0 Å². The van der Waals surface area contributed by atoms with Crippen molar-refractivity contribution in [1.29, 1.82) is 0 Å². The van der Waals surface area contributed by atoms with Crippen LogP contribution in [0.5, 0.6) is 0 Å². The molecule has 34 heavy (non-hydrogen) atoms. The lowest BCUT2D eigenvalue weighted by Gasteiger charge is -2.17. The van der Waals surface area contributed by atoms with Gasteiger partial charge in [0, 0.05) is 37.9 Å². The van der Waals surface area contributed by atoms with Gasteiger partial charge in [-0.1, -0.05) is 103 Å². The van der Waals surface area contributed by atoms with Gasteiger partial charge >= 0.3 is 0 Å². The van der Waals surface area contributed by atoms with Crippen LogP contribution >= 0.6 is 14.3 Å². The highest BCUT2D eigenvalue weighted by Crippen LogP contribution is 2.44. The van der Waals surface area contributed by atoms with Crippen LogP contribution in [0.15, 0.2) is 0 Å². The number of aliphatic hydroxyl groups is 3. The summed E-state index contributed by atoms with van der Waals surface area (Å²) in [6, 6.07) is 0. The van der Waals surface area contributed by atoms with Gasteiger partial charge < -0.3 is 24.4 Å². The molecule has 5 nitrogen and oxygen atoms in total. The van der Waals surface area contributed by atoms with Gasteiger partial charge in [-0.15, -0.1) is 0 Å². The minimum absolute atomic E-state index is 0.149. The fraction of sp³-hybridized carbons (Fsp3) is 1.00. The molecular formula is C27H60O5P2. The fourth-order valence-corrected chi connectivity index (χ4v) is 7.45. The summed E-state index contributed by atoms with van der Waals surface area (Å²) >= 11 is 0. The molecule has 0 bridgehead atoms. The molecule has 0 aliphatic carbocycles. The van der Waals surface area contributed by atoms with Gasteiger partial charge in [-0.25, -0.2) is 0 Å². The summed E-state index contributed by atoms with van der Waals surface area (Å²) in [6.45, 7) is 7.38. The smallest absolute Gasteiger partial charge is 0.0947 e. The lowest BCUT2D eigenvalue weighted by Crippen LogP contribution is -2.14. The van der Waals surface area contributed by atoms with Crippen molar-refractivity contribution < 1.29 is 24.4 Å². The number of hydrogen-bond acceptors (Lipinski definition) is 5. The van der Waals surface area contributed by atoms with E-state index in [4.69, 9.17) is 15.3 Å². The van der Waals surface area contributed by atoms with Gasteiger partial charge in [-0.3, -0.25) is 0 Å². The molecule has 1 unspecified atom stereocenters. The standard InChI is InChI=1S/C20H43OP.C7H17O4P/c1-4-5-6-7-8-9-10-11-12-13-14-15-16-17-18-19-20-22(2,3)21;1-7(10)6-12(11,4-2-8)5-3-9/h4-20H2,1-3H3;7-10H,2-6H2,1H3. The maximum absolute atomic E-state index is 11.7. The zero-order chi connectivity index (χ0) is 26.1. The highest BCUT2D eigenvalue weighted by molar-refractivity contribution is 7.64. The van der Waals surface area contributed by atoms with E-state index in [-0.39, 0.29) is 31.7 Å². The van der Waals surface area contributed by atoms with E-state index in [2.05, 4.69) is 6.92 Å². The van der Waals surface area contributed by atoms with Crippen LogP contribution in [-0.4, -0.2) is 72.6 Å². The van der Waals surface area contributed by atoms with Crippen molar-refractivity contribution in [3.8, 4) is 0 Å². The lowest BCUT2D eigenvalue weighted by molar-refractivity contribution is 0.216. The van der Waals surface area contributed by atoms with Crippen LogP contribution in [0.4, 0.5) is 0 Å². The molecule has 0 aliphatic heterocycles. The fourth-order valence-electron chi connectivity index (χ4n) is 4.18. The molecule has 0 saturated carbocycles. The largest absolute Gasteiger partial charge is 0.396 e. The summed E-state index contributed by atoms with van der Waals surface area (Å²) in [4.78, 5) is 0. The first-order valence-corrected chi connectivity index (χ1v) is 19.2. The number of hydrogen-bond donors (Lipinski definition) is 3. The molecule has 7 heteroatoms. The van der Waals surface area contributed by atoms with Crippen molar-refractivity contribution in [2.75, 3.05) is 51.2 Å². The third-order valence-corrected chi connectivity index (χ3v) is 10.8. The molecule has 208 valence electrons. The molecular weight excluding hydrogens is 466 g/mol. The Morgan fingerprint density at radius 2 is 0.912 bits per heavy atom. The molecule has 0 rings (SSSR count). The van der Waals surface area contributed by atoms with Crippen LogP contribution in [0.25, 0.3) is 0 Å². The third kappa shape index (κ3) is 30.4. The van der Waals surface area contributed by atoms with E-state index in [1.807, 2.05) is 13.3 Å². The first kappa shape index (κ1) is 36.5. The van der Waals surface area contributed by atoms with E-state index in [1.54, 1.807) is 6.92 Å². The highest BCUT2D eigenvalue weighted by Gasteiger charge is 2.22. The zero-order valence-corrected chi connectivity index (χ0v) is 25.0. The van der Waals surface area contributed by atoms with E-state index < -0.39 is 20.4 Å². The SMILES string of the molecule is CC(O)CP(=O)(CCO)CCO.CCCCCCCCCCCCCCCCCCP(C)(C)=O. The van der Waals surface area contributed by atoms with Crippen LogP contribution in [0.2, 0.25) is 0 Å². The Labute approximate surface area is 212 Å². The van der Waals surface area contributed by atoms with Gasteiger partial charge in [0.05, 0.1) is 20.4 Å². The molecule has 0 spiro atoms. The van der Waals surface area contributed by atoms with E-state index in [0.29, 0.717) is 0 Å². The number of unbranched alkanes of at least 4 members (excludes halogenated alkanes) is 15. The molecule has 0 aromatic rings. The molecule has 0 amide bonds. The second-order valence-electron chi connectivity index (χ2n) is 10.6. The quantitative estimate of drug-likeness (QED) is 0.0942. The highest BCUT2D eigenvalue weighted by atomic mass is 31.2. The molecule has 0 radical (unpaired) electrons. The van der Waals surface area contributed by atoms with Gasteiger partial charge in [0.25, 0.3) is 0 Å². The Balaban J connectivity index is 0. The summed E-state index contributed by atoms with van der Waals surface area (Å²) in [5.74, 6) is 0. The molecule has 1 atom stereocenters. The predicted molar refractivity (Wildman–Crippen MR) is 152 cm³/mol. The minimum Gasteiger partial charge on any atom is -0.396 e. The average Bonchev–Trinajstić information content (AvgIpc) is 2.73. The molecule has 0 aliphatic rings. The van der Waals surface area contributed by atoms with Crippen LogP contribution in [0, 0.1) is 0 Å². The van der Waals surface area contributed by atoms with Crippen molar-refractivity contribution >= 4 is 14.3 Å². The zero-order valence-electron chi connectivity index (χ0n) is 23.2. The number of rotatable bonds is 23. The topological polar surface area (TPSA) is 94.8 Å². The van der Waals surface area contributed by atoms with Gasteiger partial charge in [0.2, 0.25) is 0 Å². The Kier molecular flexibility index (Phi) is 26.8. The molecule has 0 heterocycles. The lowest BCUT2D eigenvalue weighted by atomic mass is 10.0. The summed E-state index contributed by atoms with van der Waals surface area (Å²) < 4.78 is 23.3. The first-order chi connectivity index (χ1) is 16.1. The molecule has 0 aromatic heterocycles. The number of aliphatic hydroxyl groups excluding tert-OH is 3. The van der Waals surface area contributed by atoms with Crippen molar-refractivity contribution in [2.24, 2.45) is 0 Å². The Morgan fingerprint density at radius 1 is 0.588 bits per heavy atom. The van der Waals surface area contributed by atoms with Gasteiger partial charge in [-0.2, -0.15) is 0 Å². The van der Waals surface area contributed by atoms with Gasteiger partial charge in [0.15, 0.2) is 0 Å². The Morgan fingerprint density at radius 3 is 1.18 bits per heavy atom. The van der Waals surface area contributed by atoms with Crippen molar-refractivity contribution in [3.05, 3.63) is 0 Å². The van der Waals surface area contributed by atoms with Crippen LogP contribution in [0.3, 0.4) is 0 Å². The summed E-state index contributed by atoms with van der Waals surface area (Å²) in [6.07, 6.45) is 23.3. The van der Waals surface area contributed by atoms with Gasteiger partial charge in [0.1, 0.15) is 0 Å². The van der Waals surface area contributed by atoms with E-state index >= 15 is 0 Å². The van der Waals surface area contributed by atoms with Crippen molar-refractivity contribution in [1.82, 2.24) is 0 Å². The Hall–Kier alpha value is 0.340. The minimum atomic E-state index is -2.53. The van der Waals surface area contributed by atoms with Crippen LogP contribution in [-0.2, 0) is 9.13 Å².